The summed E-state index contributed by atoms with van der Waals surface area (Å²) >= 11 is 6.77. The van der Waals surface area contributed by atoms with Crippen LogP contribution < -0.4 is 0 Å². The summed E-state index contributed by atoms with van der Waals surface area (Å²) in [7, 11) is 0. The molecule has 0 N–H and O–H groups in total. The van der Waals surface area contributed by atoms with Crippen molar-refractivity contribution in [2.24, 2.45) is 0 Å². The largest absolute Gasteiger partial charge is 0.373 e. The highest BCUT2D eigenvalue weighted by Crippen LogP contribution is 2.44. The molecule has 3 rings (SSSR count). The van der Waals surface area contributed by atoms with E-state index < -0.39 is 0 Å². The molecule has 3 aliphatic rings. The molecule has 0 atom stereocenters. The van der Waals surface area contributed by atoms with Gasteiger partial charge in [-0.2, -0.15) is 8.97 Å². The summed E-state index contributed by atoms with van der Waals surface area (Å²) in [5.74, 6) is 0. The van der Waals surface area contributed by atoms with E-state index in [1.165, 1.54) is 174 Å². The van der Waals surface area contributed by atoms with Gasteiger partial charge in [-0.05, 0) is 77.0 Å². The molecule has 3 fully saturated rings. The Hall–Kier alpha value is -0.0300. The molecule has 3 nitrogen and oxygen atoms in total. The van der Waals surface area contributed by atoms with Gasteiger partial charge in [-0.15, -0.1) is 0 Å². The molecular weight excluding hydrogens is 446 g/mol. The maximum atomic E-state index is 6.77. The lowest BCUT2D eigenvalue weighted by atomic mass is 9.85. The summed E-state index contributed by atoms with van der Waals surface area (Å²) in [6.07, 6.45) is 25.2. The van der Waals surface area contributed by atoms with Crippen LogP contribution in [0.4, 0.5) is 0 Å². The van der Waals surface area contributed by atoms with Gasteiger partial charge >= 0.3 is 5.11 Å². The van der Waals surface area contributed by atoms with E-state index in [-0.39, 0.29) is 0 Å². The number of hydrogen-bond donors (Lipinski definition) is 0. The summed E-state index contributed by atoms with van der Waals surface area (Å²) in [5, 5.41) is 1.47. The van der Waals surface area contributed by atoms with Gasteiger partial charge in [-0.25, -0.2) is 4.48 Å². The van der Waals surface area contributed by atoms with Crippen LogP contribution in [0, 0.1) is 0 Å². The maximum Gasteiger partial charge on any atom is 0.373 e. The van der Waals surface area contributed by atoms with Crippen molar-refractivity contribution in [1.29, 1.82) is 0 Å². The number of hydrogen-bond acceptors (Lipinski definition) is 1. The Morgan fingerprint density at radius 1 is 0.543 bits per heavy atom. The van der Waals surface area contributed by atoms with Crippen molar-refractivity contribution >= 4 is 17.3 Å². The van der Waals surface area contributed by atoms with E-state index in [9.17, 15) is 0 Å². The van der Waals surface area contributed by atoms with Crippen molar-refractivity contribution in [3.63, 3.8) is 0 Å². The highest BCUT2D eigenvalue weighted by atomic mass is 32.1. The average Bonchev–Trinajstić information content (AvgIpc) is 2.91. The first-order chi connectivity index (χ1) is 17.0. The molecule has 0 aromatic carbocycles. The Bertz CT molecular complexity index is 553. The first-order valence-electron chi connectivity index (χ1n) is 16.2. The van der Waals surface area contributed by atoms with Gasteiger partial charge in [0.15, 0.2) is 0 Å². The van der Waals surface area contributed by atoms with Gasteiger partial charge < -0.3 is 0 Å². The van der Waals surface area contributed by atoms with Crippen LogP contribution in [0.25, 0.3) is 0 Å². The zero-order valence-electron chi connectivity index (χ0n) is 24.4. The van der Waals surface area contributed by atoms with Crippen LogP contribution in [0.1, 0.15) is 143 Å². The van der Waals surface area contributed by atoms with E-state index in [1.807, 2.05) is 0 Å². The Morgan fingerprint density at radius 3 is 1.14 bits per heavy atom. The number of unbranched alkanes of at least 4 members (excludes halogenated alkanes) is 4. The molecule has 204 valence electrons. The van der Waals surface area contributed by atoms with Crippen LogP contribution in [-0.4, -0.2) is 70.2 Å². The summed E-state index contributed by atoms with van der Waals surface area (Å²) in [5.41, 5.74) is 0. The standard InChI is InChI=1S/C31H62N3S/c1-5-9-23-32(24-10-6-2)27-34(29-19-15-13-16-20-29,30-21-17-14-18-22-30)28-33(31(32)35,25-11-7-3)26-12-8-4/h29-30H,5-28H2,1-4H3/q+3. The van der Waals surface area contributed by atoms with Crippen LogP contribution in [0.5, 0.6) is 0 Å². The van der Waals surface area contributed by atoms with E-state index in [0.29, 0.717) is 0 Å². The topological polar surface area (TPSA) is 0 Å². The molecule has 0 bridgehead atoms. The quantitative estimate of drug-likeness (QED) is 0.167. The molecule has 2 saturated carbocycles. The molecular formula is C31H62N3S+3. The van der Waals surface area contributed by atoms with Crippen molar-refractivity contribution in [2.75, 3.05) is 39.5 Å². The lowest BCUT2D eigenvalue weighted by Crippen LogP contribution is -2.85. The third kappa shape index (κ3) is 6.70. The minimum absolute atomic E-state index is 0.886. The minimum Gasteiger partial charge on any atom is -0.225 e. The van der Waals surface area contributed by atoms with E-state index in [0.717, 1.165) is 12.1 Å². The first kappa shape index (κ1) is 29.5. The summed E-state index contributed by atoms with van der Waals surface area (Å²) < 4.78 is 3.80. The van der Waals surface area contributed by atoms with Gasteiger partial charge in [-0.1, -0.05) is 66.2 Å². The molecule has 0 unspecified atom stereocenters. The molecule has 0 aromatic heterocycles. The zero-order valence-corrected chi connectivity index (χ0v) is 25.2. The predicted molar refractivity (Wildman–Crippen MR) is 156 cm³/mol. The molecule has 0 amide bonds. The smallest absolute Gasteiger partial charge is 0.225 e. The SMILES string of the molecule is CCCC[N+]1(CCCC)C[N+](C2CCCCC2)(C2CCCCC2)C[N+](CCCC)(CCCC)C1=S. The Morgan fingerprint density at radius 2 is 0.857 bits per heavy atom. The number of thiocarbonyl (C=S) groups is 1. The predicted octanol–water partition coefficient (Wildman–Crippen LogP) is 8.52. The summed E-state index contributed by atoms with van der Waals surface area (Å²) in [6.45, 7) is 17.4. The molecule has 35 heavy (non-hydrogen) atoms. The van der Waals surface area contributed by atoms with E-state index in [1.54, 1.807) is 0 Å². The highest BCUT2D eigenvalue weighted by molar-refractivity contribution is 7.79. The third-order valence-electron chi connectivity index (χ3n) is 10.2. The van der Waals surface area contributed by atoms with Crippen molar-refractivity contribution < 1.29 is 13.4 Å². The highest BCUT2D eigenvalue weighted by Gasteiger charge is 2.64. The van der Waals surface area contributed by atoms with Crippen LogP contribution >= 0.6 is 12.2 Å². The Labute approximate surface area is 225 Å². The normalized spacial score (nSPS) is 25.1. The fraction of sp³-hybridized carbons (Fsp3) is 0.968. The fourth-order valence-corrected chi connectivity index (χ4v) is 8.79. The molecule has 0 aromatic rings. The first-order valence-corrected chi connectivity index (χ1v) is 16.6. The zero-order chi connectivity index (χ0) is 25.2. The van der Waals surface area contributed by atoms with Crippen LogP contribution in [-0.2, 0) is 0 Å². The van der Waals surface area contributed by atoms with Gasteiger partial charge in [0.2, 0.25) is 13.3 Å². The monoisotopic (exact) mass is 508 g/mol. The molecule has 1 saturated heterocycles. The van der Waals surface area contributed by atoms with E-state index in [4.69, 9.17) is 12.2 Å². The van der Waals surface area contributed by atoms with E-state index in [2.05, 4.69) is 27.7 Å². The molecule has 2 aliphatic carbocycles. The van der Waals surface area contributed by atoms with Crippen LogP contribution in [0.15, 0.2) is 0 Å². The van der Waals surface area contributed by atoms with Gasteiger partial charge in [-0.3, -0.25) is 0 Å². The van der Waals surface area contributed by atoms with Crippen molar-refractivity contribution in [3.8, 4) is 0 Å². The van der Waals surface area contributed by atoms with E-state index >= 15 is 0 Å². The summed E-state index contributed by atoms with van der Waals surface area (Å²) in [4.78, 5) is 0. The van der Waals surface area contributed by atoms with Gasteiger partial charge in [0.1, 0.15) is 0 Å². The Kier molecular flexibility index (Phi) is 12.0. The molecule has 4 heteroatoms. The third-order valence-corrected chi connectivity index (χ3v) is 11.0. The summed E-state index contributed by atoms with van der Waals surface area (Å²) in [6, 6.07) is 1.77. The van der Waals surface area contributed by atoms with Crippen LogP contribution in [0.2, 0.25) is 0 Å². The molecule has 0 radical (unpaired) electrons. The second kappa shape index (κ2) is 14.2. The lowest BCUT2D eigenvalue weighted by molar-refractivity contribution is -1.21. The van der Waals surface area contributed by atoms with Crippen molar-refractivity contribution in [2.45, 2.75) is 155 Å². The van der Waals surface area contributed by atoms with Gasteiger partial charge in [0, 0.05) is 0 Å². The number of rotatable bonds is 14. The second-order valence-corrected chi connectivity index (χ2v) is 13.2. The lowest BCUT2D eigenvalue weighted by Gasteiger charge is -2.61. The number of quaternary nitrogens is 3. The Balaban J connectivity index is 2.16. The van der Waals surface area contributed by atoms with Gasteiger partial charge in [0.25, 0.3) is 0 Å². The van der Waals surface area contributed by atoms with Crippen molar-refractivity contribution in [1.82, 2.24) is 0 Å². The molecule has 0 spiro atoms. The number of nitrogens with zero attached hydrogens (tertiary/aromatic N) is 3. The van der Waals surface area contributed by atoms with Gasteiger partial charge in [0.05, 0.1) is 50.5 Å². The fourth-order valence-electron chi connectivity index (χ4n) is 8.31. The minimum atomic E-state index is 0.886. The molecule has 1 heterocycles. The van der Waals surface area contributed by atoms with Crippen molar-refractivity contribution in [3.05, 3.63) is 0 Å². The second-order valence-electron chi connectivity index (χ2n) is 12.9. The maximum absolute atomic E-state index is 6.77. The average molecular weight is 509 g/mol. The van der Waals surface area contributed by atoms with Crippen LogP contribution in [0.3, 0.4) is 0 Å². The molecule has 1 aliphatic heterocycles.